The molecule has 1 aromatic carbocycles. The zero-order valence-corrected chi connectivity index (χ0v) is 30.3. The van der Waals surface area contributed by atoms with Crippen LogP contribution in [0.2, 0.25) is 17.1 Å². The van der Waals surface area contributed by atoms with Gasteiger partial charge in [0, 0.05) is 24.7 Å². The number of hydrogen-bond donors (Lipinski definition) is 1. The van der Waals surface area contributed by atoms with Crippen LogP contribution in [0, 0.1) is 11.8 Å². The minimum Gasteiger partial charge on any atom is -0.469 e. The Hall–Kier alpha value is -1.76. The Morgan fingerprint density at radius 1 is 1.02 bits per heavy atom. The predicted molar refractivity (Wildman–Crippen MR) is 185 cm³/mol. The fourth-order valence-corrected chi connectivity index (χ4v) is 11.7. The summed E-state index contributed by atoms with van der Waals surface area (Å²) in [6.07, 6.45) is 15.3. The third-order valence-electron chi connectivity index (χ3n) is 10.1. The van der Waals surface area contributed by atoms with Gasteiger partial charge in [0.1, 0.15) is 5.78 Å². The Labute approximate surface area is 270 Å². The molecular weight excluding hydrogens is 564 g/mol. The highest BCUT2D eigenvalue weighted by atomic mass is 28.4. The van der Waals surface area contributed by atoms with E-state index in [1.165, 1.54) is 18.2 Å². The second-order valence-electron chi connectivity index (χ2n) is 14.2. The first-order valence-corrected chi connectivity index (χ1v) is 19.9. The van der Waals surface area contributed by atoms with Gasteiger partial charge in [0.2, 0.25) is 0 Å². The van der Waals surface area contributed by atoms with Gasteiger partial charge in [-0.1, -0.05) is 110 Å². The molecule has 0 bridgehead atoms. The summed E-state index contributed by atoms with van der Waals surface area (Å²) in [5.41, 5.74) is 2.86. The van der Waals surface area contributed by atoms with E-state index in [4.69, 9.17) is 9.16 Å². The van der Waals surface area contributed by atoms with Crippen molar-refractivity contribution in [2.75, 3.05) is 7.11 Å². The summed E-state index contributed by atoms with van der Waals surface area (Å²) in [7, 11) is -0.823. The normalized spacial score (nSPS) is 20.6. The Morgan fingerprint density at radius 2 is 1.66 bits per heavy atom. The summed E-state index contributed by atoms with van der Waals surface area (Å²) in [5, 5.41) is 11.0. The molecule has 250 valence electrons. The average molecular weight is 629 g/mol. The molecule has 1 N–H and O–H groups in total. The van der Waals surface area contributed by atoms with Crippen molar-refractivity contribution in [3.05, 3.63) is 47.5 Å². The quantitative estimate of drug-likeness (QED) is 0.0635. The van der Waals surface area contributed by atoms with Gasteiger partial charge in [0.15, 0.2) is 8.32 Å². The van der Waals surface area contributed by atoms with Crippen LogP contribution in [0.25, 0.3) is 0 Å². The highest BCUT2D eigenvalue weighted by molar-refractivity contribution is 6.76. The number of hydrogen-bond acceptors (Lipinski definition) is 5. The van der Waals surface area contributed by atoms with E-state index >= 15 is 0 Å². The van der Waals surface area contributed by atoms with Crippen LogP contribution >= 0.6 is 0 Å². The molecule has 1 aromatic rings. The van der Waals surface area contributed by atoms with Crippen molar-refractivity contribution in [3.63, 3.8) is 0 Å². The van der Waals surface area contributed by atoms with Gasteiger partial charge in [0.05, 0.1) is 18.8 Å². The number of ketones is 1. The van der Waals surface area contributed by atoms with Gasteiger partial charge in [0.25, 0.3) is 0 Å². The first kappa shape index (κ1) is 38.4. The largest absolute Gasteiger partial charge is 0.469 e. The maximum atomic E-state index is 13.6. The van der Waals surface area contributed by atoms with E-state index in [-0.39, 0.29) is 23.9 Å². The smallest absolute Gasteiger partial charge is 0.305 e. The van der Waals surface area contributed by atoms with E-state index in [2.05, 4.69) is 78.0 Å². The number of esters is 1. The number of ether oxygens (including phenoxy) is 1. The second-order valence-corrected chi connectivity index (χ2v) is 19.2. The topological polar surface area (TPSA) is 72.8 Å². The van der Waals surface area contributed by atoms with Crippen LogP contribution in [0.15, 0.2) is 36.4 Å². The number of unbranched alkanes of at least 4 members (excludes halogenated alkanes) is 4. The fourth-order valence-electron chi connectivity index (χ4n) is 7.06. The molecular formula is C38H64O5Si. The lowest BCUT2D eigenvalue weighted by atomic mass is 9.87. The molecule has 0 aliphatic heterocycles. The molecule has 1 aliphatic rings. The van der Waals surface area contributed by atoms with Crippen molar-refractivity contribution in [3.8, 4) is 0 Å². The lowest BCUT2D eigenvalue weighted by Crippen LogP contribution is -2.48. The van der Waals surface area contributed by atoms with E-state index in [0.29, 0.717) is 36.1 Å². The molecule has 1 saturated carbocycles. The van der Waals surface area contributed by atoms with E-state index in [0.717, 1.165) is 70.3 Å². The summed E-state index contributed by atoms with van der Waals surface area (Å²) in [4.78, 5) is 25.1. The van der Waals surface area contributed by atoms with Crippen LogP contribution < -0.4 is 0 Å². The lowest BCUT2D eigenvalue weighted by Gasteiger charge is -2.42. The molecule has 0 amide bonds. The maximum Gasteiger partial charge on any atom is 0.305 e. The molecule has 0 heterocycles. The molecule has 0 radical (unpaired) electrons. The summed E-state index contributed by atoms with van der Waals surface area (Å²) in [6, 6.07) is 10.1. The molecule has 6 heteroatoms. The number of aryl methyl sites for hydroxylation is 2. The first-order valence-electron chi connectivity index (χ1n) is 17.6. The van der Waals surface area contributed by atoms with Gasteiger partial charge in [-0.2, -0.15) is 0 Å². The van der Waals surface area contributed by atoms with Crippen LogP contribution in [0.1, 0.15) is 130 Å². The molecule has 5 nitrogen and oxygen atoms in total. The summed E-state index contributed by atoms with van der Waals surface area (Å²) in [6.45, 7) is 15.6. The number of rotatable bonds is 21. The van der Waals surface area contributed by atoms with Crippen molar-refractivity contribution in [2.45, 2.75) is 161 Å². The van der Waals surface area contributed by atoms with Crippen molar-refractivity contribution < 1.29 is 23.9 Å². The third-order valence-corrected chi connectivity index (χ3v) is 15.8. The molecule has 0 aromatic heterocycles. The van der Waals surface area contributed by atoms with E-state index in [1.54, 1.807) is 0 Å². The molecule has 1 fully saturated rings. The summed E-state index contributed by atoms with van der Waals surface area (Å²) >= 11 is 0. The molecule has 0 spiro atoms. The van der Waals surface area contributed by atoms with Crippen molar-refractivity contribution in [2.24, 2.45) is 11.8 Å². The number of Topliss-reactive ketones (excluding diaryl/α,β-unsaturated/α-hetero) is 1. The molecule has 44 heavy (non-hydrogen) atoms. The Balaban J connectivity index is 2.24. The van der Waals surface area contributed by atoms with Gasteiger partial charge in [-0.25, -0.2) is 0 Å². The van der Waals surface area contributed by atoms with Crippen LogP contribution in [-0.2, 0) is 31.6 Å². The monoisotopic (exact) mass is 628 g/mol. The Bertz CT molecular complexity index is 1000. The lowest BCUT2D eigenvalue weighted by molar-refractivity contribution is -0.140. The van der Waals surface area contributed by atoms with Gasteiger partial charge in [-0.15, -0.1) is 0 Å². The summed E-state index contributed by atoms with van der Waals surface area (Å²) < 4.78 is 12.2. The number of carbonyl (C=O) groups is 2. The van der Waals surface area contributed by atoms with E-state index in [1.807, 2.05) is 6.92 Å². The fraction of sp³-hybridized carbons (Fsp3) is 0.737. The van der Waals surface area contributed by atoms with E-state index < -0.39 is 13.9 Å². The predicted octanol–water partition coefficient (Wildman–Crippen LogP) is 9.55. The number of aliphatic hydroxyl groups is 1. The molecule has 2 rings (SSSR count). The number of benzene rings is 1. The Morgan fingerprint density at radius 3 is 2.25 bits per heavy atom. The molecule has 4 atom stereocenters. The average Bonchev–Trinajstić information content (AvgIpc) is 3.28. The first-order chi connectivity index (χ1) is 20.9. The van der Waals surface area contributed by atoms with Crippen LogP contribution in [0.5, 0.6) is 0 Å². The van der Waals surface area contributed by atoms with Gasteiger partial charge >= 0.3 is 5.97 Å². The Kier molecular flexibility index (Phi) is 16.6. The van der Waals surface area contributed by atoms with Gasteiger partial charge < -0.3 is 14.3 Å². The van der Waals surface area contributed by atoms with Crippen molar-refractivity contribution >= 4 is 20.1 Å². The van der Waals surface area contributed by atoms with Crippen LogP contribution in [0.3, 0.4) is 0 Å². The third kappa shape index (κ3) is 11.9. The molecule has 0 saturated heterocycles. The zero-order valence-electron chi connectivity index (χ0n) is 29.3. The zero-order chi connectivity index (χ0) is 32.8. The maximum absolute atomic E-state index is 13.6. The SMILES string of the molecule is CCCCC(C)(O)C/C=C/[C@H]1[C@H](O[Si](CCc2ccc(CC)cc2)(C(C)C)C(C)C)CC(=O)[C@@H]1CCCCCCC(=O)OC. The molecule has 1 unspecified atom stereocenters. The summed E-state index contributed by atoms with van der Waals surface area (Å²) in [5.74, 6) is 0.150. The van der Waals surface area contributed by atoms with Gasteiger partial charge in [-0.05, 0) is 73.7 Å². The van der Waals surface area contributed by atoms with Gasteiger partial charge in [-0.3, -0.25) is 9.59 Å². The van der Waals surface area contributed by atoms with Crippen molar-refractivity contribution in [1.29, 1.82) is 0 Å². The van der Waals surface area contributed by atoms with Crippen LogP contribution in [-0.4, -0.2) is 44.0 Å². The minimum absolute atomic E-state index is 0.0350. The standard InChI is InChI=1S/C38H64O5Si/c1-9-11-25-38(7,41)26-16-18-34-33(17-14-12-13-15-19-37(40)42-8)35(39)28-36(34)43-44(29(3)4,30(5)6)27-24-32-22-20-31(10-2)21-23-32/h16,18,20-23,29-30,33-34,36,41H,9-15,17,19,24-28H2,1-8H3/b18-16+/t33-,34-,36-,38?/m1/s1. The highest BCUT2D eigenvalue weighted by Gasteiger charge is 2.49. The highest BCUT2D eigenvalue weighted by Crippen LogP contribution is 2.44. The van der Waals surface area contributed by atoms with Crippen molar-refractivity contribution in [1.82, 2.24) is 0 Å². The minimum atomic E-state index is -2.26. The van der Waals surface area contributed by atoms with E-state index in [9.17, 15) is 14.7 Å². The molecule has 1 aliphatic carbocycles. The number of methoxy groups -OCH3 is 1. The number of carbonyl (C=O) groups excluding carboxylic acids is 2. The second kappa shape index (κ2) is 19.0. The van der Waals surface area contributed by atoms with Crippen LogP contribution in [0.4, 0.5) is 0 Å².